The van der Waals surface area contributed by atoms with Gasteiger partial charge in [-0.2, -0.15) is 0 Å². The molecule has 0 unspecified atom stereocenters. The monoisotopic (exact) mass is 244 g/mol. The van der Waals surface area contributed by atoms with E-state index in [0.29, 0.717) is 6.61 Å². The molecule has 18 heavy (non-hydrogen) atoms. The molecule has 0 heterocycles. The average Bonchev–Trinajstić information content (AvgIpc) is 2.36. The summed E-state index contributed by atoms with van der Waals surface area (Å²) in [6.45, 7) is 9.54. The summed E-state index contributed by atoms with van der Waals surface area (Å²) >= 11 is 0. The first kappa shape index (κ1) is 14.7. The topological polar surface area (TPSA) is 9.23 Å². The Balaban J connectivity index is 2.14. The molecule has 0 amide bonds. The van der Waals surface area contributed by atoms with Gasteiger partial charge in [-0.3, -0.25) is 0 Å². The molecule has 0 saturated heterocycles. The molecule has 1 heteroatoms. The fraction of sp³-hybridized carbons (Fsp3) is 0.412. The normalized spacial score (nSPS) is 11.6. The molecule has 1 aromatic carbocycles. The van der Waals surface area contributed by atoms with E-state index in [1.807, 2.05) is 18.2 Å². The van der Waals surface area contributed by atoms with Crippen LogP contribution < -0.4 is 0 Å². The van der Waals surface area contributed by atoms with E-state index in [0.717, 1.165) is 19.4 Å². The fourth-order valence-electron chi connectivity index (χ4n) is 1.72. The predicted molar refractivity (Wildman–Crippen MR) is 78.5 cm³/mol. The van der Waals surface area contributed by atoms with Crippen LogP contribution in [0.2, 0.25) is 0 Å². The van der Waals surface area contributed by atoms with Crippen molar-refractivity contribution in [2.45, 2.75) is 39.7 Å². The smallest absolute Gasteiger partial charge is 0.0721 e. The van der Waals surface area contributed by atoms with Gasteiger partial charge in [0.2, 0.25) is 0 Å². The van der Waals surface area contributed by atoms with Crippen LogP contribution in [0.3, 0.4) is 0 Å². The maximum absolute atomic E-state index is 5.67. The number of rotatable bonds is 8. The Morgan fingerprint density at radius 3 is 2.61 bits per heavy atom. The number of hydrogen-bond acceptors (Lipinski definition) is 1. The Bertz CT molecular complexity index is 376. The first-order valence-corrected chi connectivity index (χ1v) is 6.60. The van der Waals surface area contributed by atoms with Gasteiger partial charge in [0, 0.05) is 0 Å². The van der Waals surface area contributed by atoms with Crippen molar-refractivity contribution in [1.82, 2.24) is 0 Å². The number of hydrogen-bond donors (Lipinski definition) is 0. The fourth-order valence-corrected chi connectivity index (χ4v) is 1.72. The number of allylic oxidation sites excluding steroid dienone is 2. The van der Waals surface area contributed by atoms with Gasteiger partial charge in [-0.15, -0.1) is 6.58 Å². The summed E-state index contributed by atoms with van der Waals surface area (Å²) < 4.78 is 5.67. The molecule has 0 saturated carbocycles. The lowest BCUT2D eigenvalue weighted by Crippen LogP contribution is -1.96. The molecule has 98 valence electrons. The summed E-state index contributed by atoms with van der Waals surface area (Å²) in [5.74, 6) is 0. The molecular formula is C17H24O. The van der Waals surface area contributed by atoms with Gasteiger partial charge in [0.1, 0.15) is 0 Å². The summed E-state index contributed by atoms with van der Waals surface area (Å²) in [6.07, 6.45) is 5.70. The molecule has 0 aromatic heterocycles. The standard InChI is InChI=1S/C17H24O/c1-15(2)9-7-8-10-16(3)13-18-14-17-11-5-4-6-12-17/h4-6,10-12H,1,7-9,13-14H2,2-3H3/b16-10+. The average molecular weight is 244 g/mol. The molecule has 0 spiro atoms. The molecule has 1 nitrogen and oxygen atoms in total. The maximum atomic E-state index is 5.67. The Hall–Kier alpha value is -1.34. The molecule has 0 aliphatic heterocycles. The van der Waals surface area contributed by atoms with E-state index in [2.05, 4.69) is 38.6 Å². The van der Waals surface area contributed by atoms with Gasteiger partial charge in [0.25, 0.3) is 0 Å². The number of ether oxygens (including phenoxy) is 1. The highest BCUT2D eigenvalue weighted by Crippen LogP contribution is 2.07. The highest BCUT2D eigenvalue weighted by molar-refractivity contribution is 5.13. The zero-order valence-electron chi connectivity index (χ0n) is 11.6. The molecular weight excluding hydrogens is 220 g/mol. The van der Waals surface area contributed by atoms with Crippen molar-refractivity contribution < 1.29 is 4.74 Å². The number of unbranched alkanes of at least 4 members (excludes halogenated alkanes) is 1. The second kappa shape index (κ2) is 8.71. The molecule has 1 aromatic rings. The summed E-state index contributed by atoms with van der Waals surface area (Å²) in [7, 11) is 0. The van der Waals surface area contributed by atoms with E-state index < -0.39 is 0 Å². The zero-order valence-corrected chi connectivity index (χ0v) is 11.6. The SMILES string of the molecule is C=C(C)CCC/C=C(\C)COCc1ccccc1. The van der Waals surface area contributed by atoms with Crippen molar-refractivity contribution in [3.05, 3.63) is 59.7 Å². The van der Waals surface area contributed by atoms with E-state index in [9.17, 15) is 0 Å². The summed E-state index contributed by atoms with van der Waals surface area (Å²) in [5.41, 5.74) is 3.81. The van der Waals surface area contributed by atoms with Crippen LogP contribution in [0.15, 0.2) is 54.1 Å². The quantitative estimate of drug-likeness (QED) is 0.467. The minimum Gasteiger partial charge on any atom is -0.372 e. The van der Waals surface area contributed by atoms with Gasteiger partial charge in [-0.05, 0) is 38.7 Å². The van der Waals surface area contributed by atoms with Crippen molar-refractivity contribution in [3.8, 4) is 0 Å². The molecule has 1 rings (SSSR count). The Morgan fingerprint density at radius 2 is 1.94 bits per heavy atom. The lowest BCUT2D eigenvalue weighted by atomic mass is 10.1. The zero-order chi connectivity index (χ0) is 13.2. The van der Waals surface area contributed by atoms with E-state index >= 15 is 0 Å². The summed E-state index contributed by atoms with van der Waals surface area (Å²) in [6, 6.07) is 10.3. The van der Waals surface area contributed by atoms with Gasteiger partial charge < -0.3 is 4.74 Å². The van der Waals surface area contributed by atoms with Crippen LogP contribution in [-0.2, 0) is 11.3 Å². The highest BCUT2D eigenvalue weighted by Gasteiger charge is 1.94. The van der Waals surface area contributed by atoms with Crippen LogP contribution >= 0.6 is 0 Å². The van der Waals surface area contributed by atoms with E-state index in [-0.39, 0.29) is 0 Å². The van der Waals surface area contributed by atoms with Gasteiger partial charge >= 0.3 is 0 Å². The Kier molecular flexibility index (Phi) is 7.12. The molecule has 0 radical (unpaired) electrons. The Morgan fingerprint density at radius 1 is 1.22 bits per heavy atom. The minimum absolute atomic E-state index is 0.692. The van der Waals surface area contributed by atoms with Crippen LogP contribution in [0.4, 0.5) is 0 Å². The van der Waals surface area contributed by atoms with Crippen LogP contribution in [-0.4, -0.2) is 6.61 Å². The van der Waals surface area contributed by atoms with Crippen molar-refractivity contribution in [2.24, 2.45) is 0 Å². The van der Waals surface area contributed by atoms with Gasteiger partial charge in [-0.25, -0.2) is 0 Å². The van der Waals surface area contributed by atoms with E-state index in [1.165, 1.54) is 23.1 Å². The first-order valence-electron chi connectivity index (χ1n) is 6.60. The van der Waals surface area contributed by atoms with E-state index in [4.69, 9.17) is 4.74 Å². The van der Waals surface area contributed by atoms with Gasteiger partial charge in [0.05, 0.1) is 13.2 Å². The van der Waals surface area contributed by atoms with Crippen LogP contribution in [0.25, 0.3) is 0 Å². The Labute approximate surface area is 111 Å². The van der Waals surface area contributed by atoms with Crippen molar-refractivity contribution in [3.63, 3.8) is 0 Å². The van der Waals surface area contributed by atoms with Gasteiger partial charge in [-0.1, -0.05) is 47.6 Å². The van der Waals surface area contributed by atoms with Crippen LogP contribution in [0, 0.1) is 0 Å². The third-order valence-electron chi connectivity index (χ3n) is 2.74. The lowest BCUT2D eigenvalue weighted by Gasteiger charge is -2.05. The number of benzene rings is 1. The van der Waals surface area contributed by atoms with E-state index in [1.54, 1.807) is 0 Å². The molecule has 0 bridgehead atoms. The molecule has 0 aliphatic rings. The second-order valence-corrected chi connectivity index (χ2v) is 4.88. The van der Waals surface area contributed by atoms with Crippen molar-refractivity contribution in [1.29, 1.82) is 0 Å². The third kappa shape index (κ3) is 7.08. The van der Waals surface area contributed by atoms with Crippen molar-refractivity contribution >= 4 is 0 Å². The molecule has 0 fully saturated rings. The minimum atomic E-state index is 0.692. The van der Waals surface area contributed by atoms with Crippen molar-refractivity contribution in [2.75, 3.05) is 6.61 Å². The first-order chi connectivity index (χ1) is 8.68. The van der Waals surface area contributed by atoms with Gasteiger partial charge in [0.15, 0.2) is 0 Å². The summed E-state index contributed by atoms with van der Waals surface area (Å²) in [5, 5.41) is 0. The third-order valence-corrected chi connectivity index (χ3v) is 2.74. The molecule has 0 aliphatic carbocycles. The molecule has 0 N–H and O–H groups in total. The largest absolute Gasteiger partial charge is 0.372 e. The van der Waals surface area contributed by atoms with Crippen LogP contribution in [0.1, 0.15) is 38.7 Å². The molecule has 0 atom stereocenters. The van der Waals surface area contributed by atoms with Crippen LogP contribution in [0.5, 0.6) is 0 Å². The summed E-state index contributed by atoms with van der Waals surface area (Å²) in [4.78, 5) is 0. The highest BCUT2D eigenvalue weighted by atomic mass is 16.5. The predicted octanol–water partition coefficient (Wildman–Crippen LogP) is 4.90. The second-order valence-electron chi connectivity index (χ2n) is 4.88. The maximum Gasteiger partial charge on any atom is 0.0721 e. The lowest BCUT2D eigenvalue weighted by molar-refractivity contribution is 0.142.